The van der Waals surface area contributed by atoms with Gasteiger partial charge in [0.05, 0.1) is 5.92 Å². The van der Waals surface area contributed by atoms with Crippen LogP contribution in [0.3, 0.4) is 0 Å². The SMILES string of the molecule is CC1CC1C(=O)OCC(=O)N(c1ccc(Nc2ccccc2)cc1)C(C)C. The van der Waals surface area contributed by atoms with Crippen molar-refractivity contribution in [3.05, 3.63) is 54.6 Å². The molecule has 27 heavy (non-hydrogen) atoms. The van der Waals surface area contributed by atoms with Crippen molar-refractivity contribution < 1.29 is 14.3 Å². The van der Waals surface area contributed by atoms with Crippen LogP contribution in [0, 0.1) is 11.8 Å². The van der Waals surface area contributed by atoms with Gasteiger partial charge in [-0.1, -0.05) is 25.1 Å². The molecular formula is C22H26N2O3. The molecular weight excluding hydrogens is 340 g/mol. The van der Waals surface area contributed by atoms with E-state index < -0.39 is 0 Å². The normalized spacial score (nSPS) is 18.1. The van der Waals surface area contributed by atoms with Crippen molar-refractivity contribution in [3.8, 4) is 0 Å². The van der Waals surface area contributed by atoms with Crippen LogP contribution in [0.15, 0.2) is 54.6 Å². The van der Waals surface area contributed by atoms with E-state index in [1.54, 1.807) is 4.90 Å². The quantitative estimate of drug-likeness (QED) is 0.739. The zero-order valence-electron chi connectivity index (χ0n) is 16.0. The van der Waals surface area contributed by atoms with Gasteiger partial charge in [0.1, 0.15) is 0 Å². The van der Waals surface area contributed by atoms with Crippen LogP contribution >= 0.6 is 0 Å². The van der Waals surface area contributed by atoms with Crippen molar-refractivity contribution in [1.29, 1.82) is 0 Å². The van der Waals surface area contributed by atoms with Gasteiger partial charge >= 0.3 is 5.97 Å². The highest BCUT2D eigenvalue weighted by molar-refractivity contribution is 5.96. The summed E-state index contributed by atoms with van der Waals surface area (Å²) in [5.74, 6) is -0.135. The molecule has 3 rings (SSSR count). The van der Waals surface area contributed by atoms with E-state index in [4.69, 9.17) is 4.74 Å². The summed E-state index contributed by atoms with van der Waals surface area (Å²) in [4.78, 5) is 26.2. The number of rotatable bonds is 7. The van der Waals surface area contributed by atoms with Gasteiger partial charge in [0.15, 0.2) is 6.61 Å². The number of hydrogen-bond acceptors (Lipinski definition) is 4. The maximum absolute atomic E-state index is 12.6. The van der Waals surface area contributed by atoms with E-state index in [0.717, 1.165) is 23.5 Å². The fourth-order valence-electron chi connectivity index (χ4n) is 3.08. The van der Waals surface area contributed by atoms with E-state index in [-0.39, 0.29) is 30.4 Å². The molecule has 5 nitrogen and oxygen atoms in total. The topological polar surface area (TPSA) is 58.6 Å². The first kappa shape index (κ1) is 19.0. The zero-order valence-corrected chi connectivity index (χ0v) is 16.0. The Labute approximate surface area is 160 Å². The van der Waals surface area contributed by atoms with Crippen molar-refractivity contribution in [3.63, 3.8) is 0 Å². The first-order valence-corrected chi connectivity index (χ1v) is 9.36. The van der Waals surface area contributed by atoms with Crippen LogP contribution in [0.2, 0.25) is 0 Å². The van der Waals surface area contributed by atoms with Gasteiger partial charge in [-0.2, -0.15) is 0 Å². The first-order valence-electron chi connectivity index (χ1n) is 9.36. The third kappa shape index (κ3) is 4.88. The van der Waals surface area contributed by atoms with E-state index >= 15 is 0 Å². The molecule has 1 fully saturated rings. The molecule has 1 aliphatic carbocycles. The largest absolute Gasteiger partial charge is 0.455 e. The maximum Gasteiger partial charge on any atom is 0.309 e. The highest BCUT2D eigenvalue weighted by Gasteiger charge is 2.40. The van der Waals surface area contributed by atoms with Gasteiger partial charge in [-0.15, -0.1) is 0 Å². The maximum atomic E-state index is 12.6. The number of benzene rings is 2. The average molecular weight is 366 g/mol. The minimum atomic E-state index is -0.262. The number of nitrogens with one attached hydrogen (secondary N) is 1. The Morgan fingerprint density at radius 3 is 2.22 bits per heavy atom. The molecule has 1 amide bonds. The van der Waals surface area contributed by atoms with Crippen LogP contribution < -0.4 is 10.2 Å². The molecule has 2 aromatic rings. The summed E-state index contributed by atoms with van der Waals surface area (Å²) < 4.78 is 5.21. The number of nitrogens with zero attached hydrogens (tertiary/aromatic N) is 1. The molecule has 142 valence electrons. The van der Waals surface area contributed by atoms with Gasteiger partial charge in [-0.3, -0.25) is 9.59 Å². The number of carbonyl (C=O) groups is 2. The average Bonchev–Trinajstić information content (AvgIpc) is 3.39. The van der Waals surface area contributed by atoms with Gasteiger partial charge < -0.3 is 15.0 Å². The summed E-state index contributed by atoms with van der Waals surface area (Å²) in [6, 6.07) is 17.5. The fraction of sp³-hybridized carbons (Fsp3) is 0.364. The number of esters is 1. The standard InChI is InChI=1S/C22H26N2O3/c1-15(2)24(21(25)14-27-22(26)20-13-16(20)3)19-11-9-18(10-12-19)23-17-7-5-4-6-8-17/h4-12,15-16,20,23H,13-14H2,1-3H3. The van der Waals surface area contributed by atoms with Gasteiger partial charge in [0, 0.05) is 23.1 Å². The lowest BCUT2D eigenvalue weighted by molar-refractivity contribution is -0.149. The van der Waals surface area contributed by atoms with Crippen LogP contribution in [0.1, 0.15) is 27.2 Å². The molecule has 5 heteroatoms. The minimum absolute atomic E-state index is 0.0337. The molecule has 0 bridgehead atoms. The molecule has 2 atom stereocenters. The van der Waals surface area contributed by atoms with Gasteiger partial charge in [-0.25, -0.2) is 0 Å². The third-order valence-electron chi connectivity index (χ3n) is 4.74. The van der Waals surface area contributed by atoms with Crippen LogP contribution in [0.25, 0.3) is 0 Å². The molecule has 0 heterocycles. The molecule has 0 saturated heterocycles. The van der Waals surface area contributed by atoms with Gasteiger partial charge in [0.2, 0.25) is 0 Å². The monoisotopic (exact) mass is 366 g/mol. The number of para-hydroxylation sites is 1. The van der Waals surface area contributed by atoms with E-state index in [1.807, 2.05) is 75.4 Å². The van der Waals surface area contributed by atoms with E-state index in [1.165, 1.54) is 0 Å². The number of ether oxygens (including phenoxy) is 1. The summed E-state index contributed by atoms with van der Waals surface area (Å²) >= 11 is 0. The molecule has 2 unspecified atom stereocenters. The van der Waals surface area contributed by atoms with Gasteiger partial charge in [0.25, 0.3) is 5.91 Å². The third-order valence-corrected chi connectivity index (χ3v) is 4.74. The number of anilines is 3. The Balaban J connectivity index is 1.63. The highest BCUT2D eigenvalue weighted by Crippen LogP contribution is 2.38. The molecule has 0 radical (unpaired) electrons. The summed E-state index contributed by atoms with van der Waals surface area (Å²) in [5, 5.41) is 3.32. The molecule has 1 saturated carbocycles. The minimum Gasteiger partial charge on any atom is -0.455 e. The lowest BCUT2D eigenvalue weighted by Gasteiger charge is -2.27. The van der Waals surface area contributed by atoms with E-state index in [0.29, 0.717) is 5.92 Å². The van der Waals surface area contributed by atoms with Crippen molar-refractivity contribution in [2.24, 2.45) is 11.8 Å². The van der Waals surface area contributed by atoms with Gasteiger partial charge in [-0.05, 0) is 62.6 Å². The van der Waals surface area contributed by atoms with Crippen molar-refractivity contribution >= 4 is 28.9 Å². The Kier molecular flexibility index (Phi) is 5.79. The predicted octanol–water partition coefficient (Wildman–Crippen LogP) is 4.37. The molecule has 1 N–H and O–H groups in total. The van der Waals surface area contributed by atoms with E-state index in [2.05, 4.69) is 5.32 Å². The Morgan fingerprint density at radius 2 is 1.67 bits per heavy atom. The number of carbonyl (C=O) groups excluding carboxylic acids is 2. The van der Waals surface area contributed by atoms with Crippen LogP contribution in [0.4, 0.5) is 17.1 Å². The fourth-order valence-corrected chi connectivity index (χ4v) is 3.08. The smallest absolute Gasteiger partial charge is 0.309 e. The van der Waals surface area contributed by atoms with Crippen molar-refractivity contribution in [2.75, 3.05) is 16.8 Å². The van der Waals surface area contributed by atoms with Crippen LogP contribution in [-0.4, -0.2) is 24.5 Å². The Bertz CT molecular complexity index is 787. The predicted molar refractivity (Wildman–Crippen MR) is 107 cm³/mol. The number of hydrogen-bond donors (Lipinski definition) is 1. The summed E-state index contributed by atoms with van der Waals surface area (Å²) in [6.07, 6.45) is 0.858. The van der Waals surface area contributed by atoms with E-state index in [9.17, 15) is 9.59 Å². The molecule has 2 aromatic carbocycles. The molecule has 0 aromatic heterocycles. The summed E-state index contributed by atoms with van der Waals surface area (Å²) in [5.41, 5.74) is 2.72. The number of amides is 1. The Morgan fingerprint density at radius 1 is 1.07 bits per heavy atom. The summed E-state index contributed by atoms with van der Waals surface area (Å²) in [7, 11) is 0. The Hall–Kier alpha value is -2.82. The van der Waals surface area contributed by atoms with Crippen LogP contribution in [0.5, 0.6) is 0 Å². The molecule has 1 aliphatic rings. The second-order valence-corrected chi connectivity index (χ2v) is 7.32. The highest BCUT2D eigenvalue weighted by atomic mass is 16.5. The molecule has 0 aliphatic heterocycles. The summed E-state index contributed by atoms with van der Waals surface area (Å²) in [6.45, 7) is 5.68. The molecule has 0 spiro atoms. The second-order valence-electron chi connectivity index (χ2n) is 7.32. The second kappa shape index (κ2) is 8.25. The van der Waals surface area contributed by atoms with Crippen molar-refractivity contribution in [1.82, 2.24) is 0 Å². The lowest BCUT2D eigenvalue weighted by atomic mass is 10.2. The first-order chi connectivity index (χ1) is 13.0. The lowest BCUT2D eigenvalue weighted by Crippen LogP contribution is -2.40. The zero-order chi connectivity index (χ0) is 19.4. The van der Waals surface area contributed by atoms with Crippen LogP contribution in [-0.2, 0) is 14.3 Å². The van der Waals surface area contributed by atoms with Crippen molar-refractivity contribution in [2.45, 2.75) is 33.2 Å².